The van der Waals surface area contributed by atoms with E-state index >= 15 is 0 Å². The number of carbonyl (C=O) groups excluding carboxylic acids is 2. The molecular formula is C12H12F2O3. The minimum atomic E-state index is -2.47. The summed E-state index contributed by atoms with van der Waals surface area (Å²) in [5, 5.41) is 0. The van der Waals surface area contributed by atoms with E-state index in [0.29, 0.717) is 6.42 Å². The number of Topliss-reactive ketones (excluding diaryl/α,β-unsaturated/α-hetero) is 1. The monoisotopic (exact) mass is 242 g/mol. The maximum atomic E-state index is 13.4. The van der Waals surface area contributed by atoms with Crippen molar-refractivity contribution in [1.82, 2.24) is 0 Å². The molecule has 0 saturated carbocycles. The molecule has 17 heavy (non-hydrogen) atoms. The summed E-state index contributed by atoms with van der Waals surface area (Å²) in [5.74, 6) is -3.35. The summed E-state index contributed by atoms with van der Waals surface area (Å²) in [6.45, 7) is 1.77. The largest absolute Gasteiger partial charge is 0.463 e. The van der Waals surface area contributed by atoms with Gasteiger partial charge in [0.1, 0.15) is 5.82 Å². The van der Waals surface area contributed by atoms with E-state index in [0.717, 1.165) is 12.1 Å². The average molecular weight is 242 g/mol. The van der Waals surface area contributed by atoms with Gasteiger partial charge in [-0.05, 0) is 18.6 Å². The van der Waals surface area contributed by atoms with Crippen LogP contribution in [0.4, 0.5) is 8.78 Å². The first-order valence-electron chi connectivity index (χ1n) is 5.17. The molecule has 0 aliphatic heterocycles. The molecule has 0 radical (unpaired) electrons. The molecule has 1 rings (SSSR count). The predicted molar refractivity (Wildman–Crippen MR) is 56.9 cm³/mol. The standard InChI is InChI=1S/C12H12F2O3/c1-2-7-17-12(16)10(14)11(15)8-5-3-4-6-9(8)13/h3-6,10H,2,7H2,1H3. The maximum Gasteiger partial charge on any atom is 0.349 e. The van der Waals surface area contributed by atoms with Gasteiger partial charge in [0.15, 0.2) is 0 Å². The molecule has 0 aliphatic carbocycles. The lowest BCUT2D eigenvalue weighted by molar-refractivity contribution is -0.147. The summed E-state index contributed by atoms with van der Waals surface area (Å²) < 4.78 is 31.0. The first kappa shape index (κ1) is 13.3. The predicted octanol–water partition coefficient (Wildman–Crippen LogP) is 2.30. The number of ketones is 1. The number of rotatable bonds is 5. The van der Waals surface area contributed by atoms with Gasteiger partial charge in [-0.1, -0.05) is 19.1 Å². The molecule has 3 nitrogen and oxygen atoms in total. The van der Waals surface area contributed by atoms with Crippen LogP contribution in [0.5, 0.6) is 0 Å². The smallest absolute Gasteiger partial charge is 0.349 e. The highest BCUT2D eigenvalue weighted by atomic mass is 19.1. The highest BCUT2D eigenvalue weighted by Crippen LogP contribution is 2.12. The Bertz CT molecular complexity index is 418. The van der Waals surface area contributed by atoms with Gasteiger partial charge in [-0.25, -0.2) is 13.6 Å². The van der Waals surface area contributed by atoms with Crippen LogP contribution in [0.1, 0.15) is 23.7 Å². The van der Waals surface area contributed by atoms with Gasteiger partial charge in [0.05, 0.1) is 12.2 Å². The second-order valence-electron chi connectivity index (χ2n) is 3.37. The molecule has 1 aromatic rings. The van der Waals surface area contributed by atoms with Crippen molar-refractivity contribution >= 4 is 11.8 Å². The zero-order valence-electron chi connectivity index (χ0n) is 9.28. The van der Waals surface area contributed by atoms with Gasteiger partial charge in [0.2, 0.25) is 5.78 Å². The van der Waals surface area contributed by atoms with E-state index in [9.17, 15) is 18.4 Å². The Morgan fingerprint density at radius 3 is 2.59 bits per heavy atom. The molecule has 0 fully saturated rings. The van der Waals surface area contributed by atoms with Crippen LogP contribution in [0.25, 0.3) is 0 Å². The highest BCUT2D eigenvalue weighted by molar-refractivity contribution is 6.11. The fraction of sp³-hybridized carbons (Fsp3) is 0.333. The third-order valence-electron chi connectivity index (χ3n) is 2.02. The van der Waals surface area contributed by atoms with Gasteiger partial charge < -0.3 is 4.74 Å². The van der Waals surface area contributed by atoms with E-state index < -0.39 is 29.3 Å². The third-order valence-corrected chi connectivity index (χ3v) is 2.02. The van der Waals surface area contributed by atoms with Gasteiger partial charge in [0, 0.05) is 0 Å². The molecule has 0 bridgehead atoms. The van der Waals surface area contributed by atoms with E-state index in [4.69, 9.17) is 0 Å². The number of benzene rings is 1. The van der Waals surface area contributed by atoms with Crippen LogP contribution in [0.2, 0.25) is 0 Å². The Balaban J connectivity index is 2.77. The lowest BCUT2D eigenvalue weighted by atomic mass is 10.1. The summed E-state index contributed by atoms with van der Waals surface area (Å²) in [7, 11) is 0. The molecule has 0 spiro atoms. The number of alkyl halides is 1. The Kier molecular flexibility index (Phi) is 4.75. The zero-order valence-corrected chi connectivity index (χ0v) is 9.28. The second-order valence-corrected chi connectivity index (χ2v) is 3.37. The molecule has 1 aromatic carbocycles. The van der Waals surface area contributed by atoms with Crippen LogP contribution >= 0.6 is 0 Å². The molecule has 0 aliphatic rings. The van der Waals surface area contributed by atoms with Crippen LogP contribution in [0, 0.1) is 5.82 Å². The lowest BCUT2D eigenvalue weighted by Crippen LogP contribution is -2.28. The van der Waals surface area contributed by atoms with Crippen molar-refractivity contribution in [2.45, 2.75) is 19.5 Å². The highest BCUT2D eigenvalue weighted by Gasteiger charge is 2.30. The van der Waals surface area contributed by atoms with E-state index in [-0.39, 0.29) is 6.61 Å². The van der Waals surface area contributed by atoms with Crippen LogP contribution in [0.15, 0.2) is 24.3 Å². The topological polar surface area (TPSA) is 43.4 Å². The van der Waals surface area contributed by atoms with Gasteiger partial charge in [-0.15, -0.1) is 0 Å². The van der Waals surface area contributed by atoms with Crippen molar-refractivity contribution in [2.24, 2.45) is 0 Å². The molecular weight excluding hydrogens is 230 g/mol. The summed E-state index contributed by atoms with van der Waals surface area (Å²) in [6, 6.07) is 4.91. The van der Waals surface area contributed by atoms with Crippen LogP contribution < -0.4 is 0 Å². The van der Waals surface area contributed by atoms with Crippen LogP contribution in [-0.4, -0.2) is 24.5 Å². The van der Waals surface area contributed by atoms with Crippen molar-refractivity contribution in [1.29, 1.82) is 0 Å². The zero-order chi connectivity index (χ0) is 12.8. The number of halogens is 2. The molecule has 92 valence electrons. The van der Waals surface area contributed by atoms with Gasteiger partial charge in [-0.3, -0.25) is 4.79 Å². The van der Waals surface area contributed by atoms with Crippen molar-refractivity contribution in [2.75, 3.05) is 6.61 Å². The second kappa shape index (κ2) is 6.08. The van der Waals surface area contributed by atoms with Crippen LogP contribution in [0.3, 0.4) is 0 Å². The third kappa shape index (κ3) is 3.34. The van der Waals surface area contributed by atoms with E-state index in [2.05, 4.69) is 4.74 Å². The van der Waals surface area contributed by atoms with Crippen molar-refractivity contribution in [3.63, 3.8) is 0 Å². The number of hydrogen-bond donors (Lipinski definition) is 0. The number of carbonyl (C=O) groups is 2. The van der Waals surface area contributed by atoms with E-state index in [1.54, 1.807) is 6.92 Å². The SMILES string of the molecule is CCCOC(=O)C(F)C(=O)c1ccccc1F. The lowest BCUT2D eigenvalue weighted by Gasteiger charge is -2.07. The van der Waals surface area contributed by atoms with Gasteiger partial charge in [0.25, 0.3) is 6.17 Å². The van der Waals surface area contributed by atoms with E-state index in [1.807, 2.05) is 0 Å². The first-order valence-corrected chi connectivity index (χ1v) is 5.17. The van der Waals surface area contributed by atoms with Crippen LogP contribution in [-0.2, 0) is 9.53 Å². The maximum absolute atomic E-state index is 13.4. The molecule has 0 heterocycles. The first-order chi connectivity index (χ1) is 8.07. The Hall–Kier alpha value is -1.78. The van der Waals surface area contributed by atoms with Crippen molar-refractivity contribution < 1.29 is 23.1 Å². The summed E-state index contributed by atoms with van der Waals surface area (Å²) in [5.41, 5.74) is -0.451. The fourth-order valence-electron chi connectivity index (χ4n) is 1.18. The van der Waals surface area contributed by atoms with Gasteiger partial charge in [-0.2, -0.15) is 0 Å². The Morgan fingerprint density at radius 1 is 1.35 bits per heavy atom. The molecule has 0 amide bonds. The Morgan fingerprint density at radius 2 is 2.00 bits per heavy atom. The summed E-state index contributed by atoms with van der Waals surface area (Å²) in [4.78, 5) is 22.5. The number of esters is 1. The molecule has 1 unspecified atom stereocenters. The summed E-state index contributed by atoms with van der Waals surface area (Å²) >= 11 is 0. The molecule has 0 aromatic heterocycles. The fourth-order valence-corrected chi connectivity index (χ4v) is 1.18. The molecule has 0 saturated heterocycles. The van der Waals surface area contributed by atoms with Gasteiger partial charge >= 0.3 is 5.97 Å². The van der Waals surface area contributed by atoms with Crippen molar-refractivity contribution in [3.05, 3.63) is 35.6 Å². The average Bonchev–Trinajstić information content (AvgIpc) is 2.34. The minimum Gasteiger partial charge on any atom is -0.463 e. The molecule has 1 atom stereocenters. The molecule has 0 N–H and O–H groups in total. The number of hydrogen-bond acceptors (Lipinski definition) is 3. The quantitative estimate of drug-likeness (QED) is 0.452. The summed E-state index contributed by atoms with van der Waals surface area (Å²) in [6.07, 6.45) is -1.95. The molecule has 5 heteroatoms. The minimum absolute atomic E-state index is 0.0316. The van der Waals surface area contributed by atoms with Crippen molar-refractivity contribution in [3.8, 4) is 0 Å². The van der Waals surface area contributed by atoms with E-state index in [1.165, 1.54) is 12.1 Å². The Labute approximate surface area is 97.4 Å². The number of ether oxygens (including phenoxy) is 1. The normalized spacial score (nSPS) is 11.9.